The molecular weight excluding hydrogens is 466 g/mol. The third-order valence-corrected chi connectivity index (χ3v) is 7.41. The van der Waals surface area contributed by atoms with Crippen molar-refractivity contribution in [2.45, 2.75) is 24.5 Å². The van der Waals surface area contributed by atoms with E-state index in [0.717, 1.165) is 5.56 Å². The summed E-state index contributed by atoms with van der Waals surface area (Å²) in [6.45, 7) is 0.661. The molecule has 1 aromatic carbocycles. The van der Waals surface area contributed by atoms with Gasteiger partial charge in [0.1, 0.15) is 22.8 Å². The van der Waals surface area contributed by atoms with E-state index in [4.69, 9.17) is 5.73 Å². The molecule has 0 heterocycles. The fourth-order valence-electron chi connectivity index (χ4n) is 5.82. The molecule has 4 atom stereocenters. The van der Waals surface area contributed by atoms with E-state index >= 15 is 0 Å². The lowest BCUT2D eigenvalue weighted by Gasteiger charge is -2.50. The number of fused-ring (bicyclic) bond motifs is 3. The van der Waals surface area contributed by atoms with Gasteiger partial charge >= 0.3 is 0 Å². The van der Waals surface area contributed by atoms with Crippen molar-refractivity contribution in [2.75, 3.05) is 34.7 Å². The van der Waals surface area contributed by atoms with Crippen LogP contribution in [0.15, 0.2) is 40.9 Å². The first kappa shape index (κ1) is 25.6. The van der Waals surface area contributed by atoms with E-state index in [9.17, 15) is 34.8 Å². The number of hydrogen-bond donors (Lipinski definition) is 5. The number of carbonyl (C=O) groups is 3. The molecule has 6 N–H and O–H groups in total. The molecule has 10 heteroatoms. The van der Waals surface area contributed by atoms with Gasteiger partial charge in [-0.2, -0.15) is 0 Å². The number of aromatic hydroxyl groups is 1. The smallest absolute Gasteiger partial charge is 0.255 e. The van der Waals surface area contributed by atoms with Crippen LogP contribution < -0.4 is 5.73 Å². The summed E-state index contributed by atoms with van der Waals surface area (Å²) in [5, 5.41) is 44.3. The van der Waals surface area contributed by atoms with Crippen molar-refractivity contribution in [3.63, 3.8) is 0 Å². The van der Waals surface area contributed by atoms with Crippen LogP contribution in [0.3, 0.4) is 0 Å². The Hall–Kier alpha value is -3.47. The average Bonchev–Trinajstić information content (AvgIpc) is 2.77. The topological polar surface area (TPSA) is 165 Å². The van der Waals surface area contributed by atoms with E-state index in [0.29, 0.717) is 12.1 Å². The van der Waals surface area contributed by atoms with Crippen LogP contribution in [0.4, 0.5) is 0 Å². The van der Waals surface area contributed by atoms with Crippen LogP contribution in [0.5, 0.6) is 5.75 Å². The molecular formula is C26H31N3O7. The molecule has 0 aliphatic heterocycles. The summed E-state index contributed by atoms with van der Waals surface area (Å²) < 4.78 is 0. The summed E-state index contributed by atoms with van der Waals surface area (Å²) in [4.78, 5) is 42.4. The second-order valence-corrected chi connectivity index (χ2v) is 10.2. The van der Waals surface area contributed by atoms with Crippen molar-refractivity contribution in [2.24, 2.45) is 17.6 Å². The minimum absolute atomic E-state index is 0.00258. The van der Waals surface area contributed by atoms with Gasteiger partial charge in [0, 0.05) is 18.0 Å². The number of rotatable bonds is 5. The number of aliphatic hydroxyl groups is 3. The first-order chi connectivity index (χ1) is 16.8. The number of primary amides is 1. The molecule has 36 heavy (non-hydrogen) atoms. The minimum atomic E-state index is -2.64. The summed E-state index contributed by atoms with van der Waals surface area (Å²) in [7, 11) is 7.03. The maximum atomic E-state index is 13.6. The fourth-order valence-corrected chi connectivity index (χ4v) is 5.82. The Bertz CT molecular complexity index is 1260. The number of hydrogen-bond acceptors (Lipinski definition) is 9. The highest BCUT2D eigenvalue weighted by atomic mass is 16.3. The number of Topliss-reactive ketones (excluding diaryl/α,β-unsaturated/α-hetero) is 2. The van der Waals surface area contributed by atoms with Crippen molar-refractivity contribution in [1.82, 2.24) is 9.80 Å². The minimum Gasteiger partial charge on any atom is -0.510 e. The maximum Gasteiger partial charge on any atom is 0.255 e. The molecule has 1 amide bonds. The number of phenols is 1. The lowest BCUT2D eigenvalue weighted by Crippen LogP contribution is -2.63. The standard InChI is InChI=1S/C26H31N3O7/c1-28(2)9-5-6-12-7-8-16(30)18-14(12)10-13-11-15-20(29(3)4)22(32)19(25(27)35)24(34)26(15,36)23(33)17(13)21(18)31/h5-8,13,15,20,30,32-33,36H,9-11H2,1-4H3,(H2,27,35)/b6-5+/t13-,15-,20+,26-/m0/s1. The van der Waals surface area contributed by atoms with Crippen LogP contribution in [0.1, 0.15) is 27.9 Å². The van der Waals surface area contributed by atoms with Gasteiger partial charge in [-0.1, -0.05) is 18.2 Å². The number of allylic oxidation sites excluding steroid dienone is 1. The summed E-state index contributed by atoms with van der Waals surface area (Å²) in [6.07, 6.45) is 4.10. The molecule has 4 rings (SSSR count). The third kappa shape index (κ3) is 3.64. The molecule has 0 unspecified atom stereocenters. The van der Waals surface area contributed by atoms with Gasteiger partial charge in [-0.15, -0.1) is 0 Å². The number of phenolic OH excluding ortho intramolecular Hbond substituents is 1. The quantitative estimate of drug-likeness (QED) is 0.368. The van der Waals surface area contributed by atoms with Gasteiger partial charge in [0.05, 0.1) is 11.6 Å². The molecule has 10 nitrogen and oxygen atoms in total. The molecule has 1 aromatic rings. The first-order valence-electron chi connectivity index (χ1n) is 11.6. The van der Waals surface area contributed by atoms with E-state index in [1.54, 1.807) is 20.2 Å². The highest BCUT2D eigenvalue weighted by Gasteiger charge is 2.63. The Labute approximate surface area is 208 Å². The number of nitrogens with zero attached hydrogens (tertiary/aromatic N) is 2. The number of likely N-dealkylation sites (N-methyl/N-ethyl adjacent to an activating group) is 2. The maximum absolute atomic E-state index is 13.6. The van der Waals surface area contributed by atoms with Crippen molar-refractivity contribution >= 4 is 23.5 Å². The number of amides is 1. The SMILES string of the molecule is CN(C)C/C=C/c1ccc(O)c2c1C[C@H]1C[C@H]3[C@@H](N(C)C)C(O)=C(C(N)=O)C(=O)[C@@]3(O)C(O)=C1C2=O. The predicted molar refractivity (Wildman–Crippen MR) is 131 cm³/mol. The molecule has 0 saturated heterocycles. The monoisotopic (exact) mass is 497 g/mol. The number of benzene rings is 1. The Kier molecular flexibility index (Phi) is 6.32. The zero-order chi connectivity index (χ0) is 26.7. The second kappa shape index (κ2) is 8.88. The second-order valence-electron chi connectivity index (χ2n) is 10.2. The fraction of sp³-hybridized carbons (Fsp3) is 0.423. The van der Waals surface area contributed by atoms with Crippen LogP contribution in [0.25, 0.3) is 6.08 Å². The van der Waals surface area contributed by atoms with E-state index < -0.39 is 58.0 Å². The molecule has 3 aliphatic carbocycles. The predicted octanol–water partition coefficient (Wildman–Crippen LogP) is 0.695. The van der Waals surface area contributed by atoms with E-state index in [2.05, 4.69) is 0 Å². The summed E-state index contributed by atoms with van der Waals surface area (Å²) in [5.41, 5.74) is 3.06. The Morgan fingerprint density at radius 1 is 1.17 bits per heavy atom. The molecule has 0 bridgehead atoms. The van der Waals surface area contributed by atoms with Gasteiger partial charge in [0.15, 0.2) is 11.4 Å². The Balaban J connectivity index is 1.90. The lowest BCUT2D eigenvalue weighted by molar-refractivity contribution is -0.148. The van der Waals surface area contributed by atoms with Crippen molar-refractivity contribution < 1.29 is 34.8 Å². The van der Waals surface area contributed by atoms with Crippen molar-refractivity contribution in [3.05, 3.63) is 57.6 Å². The zero-order valence-electron chi connectivity index (χ0n) is 20.6. The molecule has 0 saturated carbocycles. The van der Waals surface area contributed by atoms with Crippen LogP contribution >= 0.6 is 0 Å². The van der Waals surface area contributed by atoms with Crippen molar-refractivity contribution in [1.29, 1.82) is 0 Å². The number of ketones is 2. The molecule has 0 radical (unpaired) electrons. The van der Waals surface area contributed by atoms with Crippen LogP contribution in [-0.4, -0.2) is 94.1 Å². The molecule has 0 aromatic heterocycles. The van der Waals surface area contributed by atoms with E-state index in [1.807, 2.05) is 31.1 Å². The Morgan fingerprint density at radius 3 is 2.42 bits per heavy atom. The number of aliphatic hydroxyl groups excluding tert-OH is 2. The zero-order valence-corrected chi connectivity index (χ0v) is 20.6. The van der Waals surface area contributed by atoms with Gasteiger partial charge in [-0.05, 0) is 64.1 Å². The number of nitrogens with two attached hydrogens (primary N) is 1. The largest absolute Gasteiger partial charge is 0.510 e. The van der Waals surface area contributed by atoms with E-state index in [-0.39, 0.29) is 29.7 Å². The molecule has 3 aliphatic rings. The molecule has 0 spiro atoms. The Morgan fingerprint density at radius 2 is 1.83 bits per heavy atom. The summed E-state index contributed by atoms with van der Waals surface area (Å²) in [5.74, 6) is -6.56. The molecule has 192 valence electrons. The third-order valence-electron chi connectivity index (χ3n) is 7.41. The first-order valence-corrected chi connectivity index (χ1v) is 11.6. The highest BCUT2D eigenvalue weighted by molar-refractivity contribution is 6.24. The van der Waals surface area contributed by atoms with Crippen LogP contribution in [0.2, 0.25) is 0 Å². The van der Waals surface area contributed by atoms with Gasteiger partial charge in [0.2, 0.25) is 5.78 Å². The average molecular weight is 498 g/mol. The van der Waals surface area contributed by atoms with Crippen LogP contribution in [0, 0.1) is 11.8 Å². The summed E-state index contributed by atoms with van der Waals surface area (Å²) in [6, 6.07) is 2.09. The van der Waals surface area contributed by atoms with Gasteiger partial charge in [-0.25, -0.2) is 0 Å². The van der Waals surface area contributed by atoms with Gasteiger partial charge < -0.3 is 31.1 Å². The lowest BCUT2D eigenvalue weighted by atomic mass is 9.58. The highest BCUT2D eigenvalue weighted by Crippen LogP contribution is 2.52. The molecule has 0 fully saturated rings. The van der Waals surface area contributed by atoms with Crippen molar-refractivity contribution in [3.8, 4) is 5.75 Å². The number of carbonyl (C=O) groups excluding carboxylic acids is 3. The van der Waals surface area contributed by atoms with Gasteiger partial charge in [0.25, 0.3) is 5.91 Å². The normalized spacial score (nSPS) is 28.1. The summed E-state index contributed by atoms with van der Waals surface area (Å²) >= 11 is 0. The van der Waals surface area contributed by atoms with Gasteiger partial charge in [-0.3, -0.25) is 19.3 Å². The van der Waals surface area contributed by atoms with E-state index in [1.165, 1.54) is 11.0 Å². The van der Waals surface area contributed by atoms with Crippen LogP contribution in [-0.2, 0) is 16.0 Å².